The van der Waals surface area contributed by atoms with Crippen LogP contribution in [0.5, 0.6) is 0 Å². The molecule has 1 aliphatic heterocycles. The van der Waals surface area contributed by atoms with Crippen LogP contribution in [0.2, 0.25) is 0 Å². The first-order chi connectivity index (χ1) is 27.0. The molecule has 1 heterocycles. The van der Waals surface area contributed by atoms with Crippen LogP contribution in [0, 0.1) is 17.8 Å². The molecule has 6 unspecified atom stereocenters. The minimum absolute atomic E-state index is 0.0153. The Morgan fingerprint density at radius 3 is 1.67 bits per heavy atom. The molecule has 2 aliphatic rings. The maximum absolute atomic E-state index is 13.7. The Morgan fingerprint density at radius 1 is 0.667 bits per heavy atom. The van der Waals surface area contributed by atoms with Gasteiger partial charge in [0, 0.05) is 19.1 Å². The van der Waals surface area contributed by atoms with Crippen molar-refractivity contribution in [1.82, 2.24) is 16.0 Å². The molecule has 15 nitrogen and oxygen atoms in total. The standard InChI is InChI=1S/C42H56N4O11/c1-22(2)33-40(51)55-25(7)36(47)44-32(39(50)57-35(24(5)6)38(49)46-34(23(3)4)41(52)56-26(8)37(48)45-33)19-13-14-20-43-42(53)54-21-31-29-17-11-9-15-27(29)28-16-10-12-18-30(28)31/h9-12,15-18,22-26,31-35H,13-14,19-21H2,1-8H3,(H,43,53)(H,44,47)(H,45,48)(H,46,49)/p-1. The van der Waals surface area contributed by atoms with Gasteiger partial charge in [-0.25, -0.2) is 14.4 Å². The van der Waals surface area contributed by atoms with Crippen LogP contribution in [0.4, 0.5) is 0 Å². The molecule has 1 fully saturated rings. The maximum atomic E-state index is 13.7. The van der Waals surface area contributed by atoms with Gasteiger partial charge in [0.15, 0.2) is 18.3 Å². The van der Waals surface area contributed by atoms with E-state index in [0.29, 0.717) is 6.42 Å². The molecular weight excluding hydrogens is 736 g/mol. The number of aliphatic imine (C=N–C) groups is 1. The first-order valence-electron chi connectivity index (χ1n) is 19.5. The van der Waals surface area contributed by atoms with Crippen molar-refractivity contribution < 1.29 is 52.8 Å². The Labute approximate surface area is 333 Å². The van der Waals surface area contributed by atoms with Gasteiger partial charge in [0.1, 0.15) is 24.2 Å². The Morgan fingerprint density at radius 2 is 1.16 bits per heavy atom. The molecule has 4 rings (SSSR count). The third-order valence-electron chi connectivity index (χ3n) is 9.95. The van der Waals surface area contributed by atoms with Gasteiger partial charge in [-0.15, -0.1) is 0 Å². The largest absolute Gasteiger partial charge is 0.599 e. The van der Waals surface area contributed by atoms with Crippen LogP contribution in [-0.2, 0) is 47.7 Å². The first kappa shape index (κ1) is 44.2. The highest BCUT2D eigenvalue weighted by molar-refractivity contribution is 5.93. The van der Waals surface area contributed by atoms with Gasteiger partial charge in [0.25, 0.3) is 17.7 Å². The number of nitrogens with one attached hydrogen (secondary N) is 3. The molecule has 6 atom stereocenters. The molecule has 0 spiro atoms. The van der Waals surface area contributed by atoms with Gasteiger partial charge in [-0.1, -0.05) is 90.1 Å². The van der Waals surface area contributed by atoms with Crippen LogP contribution < -0.4 is 21.1 Å². The molecule has 3 N–H and O–H groups in total. The Hall–Kier alpha value is -5.47. The number of nitrogens with zero attached hydrogens (tertiary/aromatic N) is 1. The normalized spacial score (nSPS) is 24.4. The van der Waals surface area contributed by atoms with Crippen molar-refractivity contribution in [2.24, 2.45) is 22.7 Å². The zero-order valence-corrected chi connectivity index (χ0v) is 33.9. The van der Waals surface area contributed by atoms with Gasteiger partial charge < -0.3 is 40.0 Å². The monoisotopic (exact) mass is 791 g/mol. The van der Waals surface area contributed by atoms with Crippen LogP contribution >= 0.6 is 0 Å². The van der Waals surface area contributed by atoms with Crippen molar-refractivity contribution in [2.75, 3.05) is 13.2 Å². The summed E-state index contributed by atoms with van der Waals surface area (Å²) in [6, 6.07) is 12.3. The van der Waals surface area contributed by atoms with E-state index in [4.69, 9.17) is 18.9 Å². The van der Waals surface area contributed by atoms with Crippen LogP contribution in [0.15, 0.2) is 53.5 Å². The predicted octanol–water partition coefficient (Wildman–Crippen LogP) is 2.91. The van der Waals surface area contributed by atoms with E-state index in [1.54, 1.807) is 41.5 Å². The van der Waals surface area contributed by atoms with Gasteiger partial charge in [-0.05, 0) is 73.1 Å². The summed E-state index contributed by atoms with van der Waals surface area (Å²) < 4.78 is 22.0. The van der Waals surface area contributed by atoms with Crippen LogP contribution in [0.3, 0.4) is 0 Å². The number of hydrogen-bond acceptors (Lipinski definition) is 12. The topological polar surface area (TPSA) is 211 Å². The molecular formula is C42H55N4O11-. The summed E-state index contributed by atoms with van der Waals surface area (Å²) >= 11 is 0. The summed E-state index contributed by atoms with van der Waals surface area (Å²) in [5.74, 6) is -6.79. The van der Waals surface area contributed by atoms with Crippen molar-refractivity contribution in [3.05, 3.63) is 59.7 Å². The molecule has 3 amide bonds. The minimum atomic E-state index is -1.40. The average molecular weight is 792 g/mol. The summed E-state index contributed by atoms with van der Waals surface area (Å²) in [6.07, 6.45) is -4.23. The fourth-order valence-electron chi connectivity index (χ4n) is 6.61. The molecule has 2 aromatic rings. The van der Waals surface area contributed by atoms with E-state index in [1.807, 2.05) is 48.5 Å². The summed E-state index contributed by atoms with van der Waals surface area (Å²) in [7, 11) is 0. The van der Waals surface area contributed by atoms with Gasteiger partial charge in [0.2, 0.25) is 0 Å². The molecule has 15 heteroatoms. The number of hydrogen-bond donors (Lipinski definition) is 3. The van der Waals surface area contributed by atoms with E-state index in [2.05, 4.69) is 20.9 Å². The molecule has 1 aliphatic carbocycles. The van der Waals surface area contributed by atoms with E-state index < -0.39 is 95.9 Å². The minimum Gasteiger partial charge on any atom is -0.599 e. The fourth-order valence-corrected chi connectivity index (χ4v) is 6.61. The Balaban J connectivity index is 1.46. The summed E-state index contributed by atoms with van der Waals surface area (Å²) in [6.45, 7) is 12.7. The number of esters is 3. The number of benzene rings is 2. The molecule has 2 aromatic carbocycles. The number of amides is 3. The zero-order valence-electron chi connectivity index (χ0n) is 33.9. The van der Waals surface area contributed by atoms with Crippen LogP contribution in [0.25, 0.3) is 11.1 Å². The number of cyclic esters (lactones) is 3. The van der Waals surface area contributed by atoms with Crippen molar-refractivity contribution in [3.8, 4) is 11.1 Å². The zero-order chi connectivity index (χ0) is 42.0. The second-order valence-electron chi connectivity index (χ2n) is 15.5. The van der Waals surface area contributed by atoms with Gasteiger partial charge in [-0.2, -0.15) is 0 Å². The highest BCUT2D eigenvalue weighted by Gasteiger charge is 2.38. The first-order valence-corrected chi connectivity index (χ1v) is 19.5. The second kappa shape index (κ2) is 20.1. The Kier molecular flexibility index (Phi) is 15.6. The second-order valence-corrected chi connectivity index (χ2v) is 15.5. The van der Waals surface area contributed by atoms with Gasteiger partial charge >= 0.3 is 17.9 Å². The van der Waals surface area contributed by atoms with Crippen molar-refractivity contribution in [3.63, 3.8) is 0 Å². The lowest BCUT2D eigenvalue weighted by atomic mass is 9.98. The number of unbranched alkanes of at least 4 members (excludes halogenated alkanes) is 1. The summed E-state index contributed by atoms with van der Waals surface area (Å²) in [5, 5.41) is 20.3. The van der Waals surface area contributed by atoms with Crippen LogP contribution in [-0.4, -0.2) is 91.3 Å². The lowest BCUT2D eigenvalue weighted by Crippen LogP contribution is -2.55. The maximum Gasteiger partial charge on any atom is 0.329 e. The van der Waals surface area contributed by atoms with E-state index >= 15 is 0 Å². The van der Waals surface area contributed by atoms with E-state index in [1.165, 1.54) is 13.8 Å². The number of carbonyl (C=O) groups is 6. The van der Waals surface area contributed by atoms with E-state index in [9.17, 15) is 33.9 Å². The number of ether oxygens (including phenoxy) is 4. The molecule has 310 valence electrons. The highest BCUT2D eigenvalue weighted by atomic mass is 16.6. The highest BCUT2D eigenvalue weighted by Crippen LogP contribution is 2.44. The summed E-state index contributed by atoms with van der Waals surface area (Å²) in [5.41, 5.74) is 4.36. The van der Waals surface area contributed by atoms with Gasteiger partial charge in [-0.3, -0.25) is 19.4 Å². The number of carbonyl (C=O) groups excluding carboxylic acids is 6. The molecule has 1 saturated heterocycles. The molecule has 0 saturated carbocycles. The van der Waals surface area contributed by atoms with Crippen molar-refractivity contribution in [2.45, 2.75) is 117 Å². The smallest absolute Gasteiger partial charge is 0.329 e. The third-order valence-corrected chi connectivity index (χ3v) is 9.95. The molecule has 0 aromatic heterocycles. The number of fused-ring (bicyclic) bond motifs is 3. The van der Waals surface area contributed by atoms with Crippen molar-refractivity contribution in [1.29, 1.82) is 0 Å². The van der Waals surface area contributed by atoms with Gasteiger partial charge in [0.05, 0.1) is 0 Å². The fraction of sp³-hybridized carbons (Fsp3) is 0.548. The third kappa shape index (κ3) is 11.5. The molecule has 57 heavy (non-hydrogen) atoms. The average Bonchev–Trinajstić information content (AvgIpc) is 3.48. The summed E-state index contributed by atoms with van der Waals surface area (Å²) in [4.78, 5) is 84.0. The lowest BCUT2D eigenvalue weighted by Gasteiger charge is -2.29. The number of rotatable bonds is 10. The molecule has 0 radical (unpaired) electrons. The predicted molar refractivity (Wildman–Crippen MR) is 207 cm³/mol. The van der Waals surface area contributed by atoms with E-state index in [0.717, 1.165) is 22.3 Å². The quantitative estimate of drug-likeness (QED) is 0.105. The van der Waals surface area contributed by atoms with Crippen LogP contribution in [0.1, 0.15) is 91.7 Å². The van der Waals surface area contributed by atoms with Crippen molar-refractivity contribution >= 4 is 41.7 Å². The van der Waals surface area contributed by atoms with E-state index in [-0.39, 0.29) is 31.9 Å². The molecule has 0 bridgehead atoms. The lowest BCUT2D eigenvalue weighted by molar-refractivity contribution is -0.251. The Bertz CT molecular complexity index is 1760. The SMILES string of the molecule is CC1OC(=O)C(C(C)C)NC(=O)C(C)OC(=O)C(C(C)C)NC(=O)C(C(C)C)OC(=O)C(CCCCN=C([O-])OCC2c3ccccc3-c3ccccc32)NC1=O.